The number of rotatable bonds is 12. The van der Waals surface area contributed by atoms with Crippen molar-refractivity contribution in [2.24, 2.45) is 0 Å². The van der Waals surface area contributed by atoms with Gasteiger partial charge in [0.15, 0.2) is 0 Å². The second-order valence-corrected chi connectivity index (χ2v) is 17.2. The lowest BCUT2D eigenvalue weighted by molar-refractivity contribution is -0.137. The molecular weight excluding hydrogens is 763 g/mol. The number of hydrogen-bond donors (Lipinski definition) is 1. The maximum Gasteiger partial charge on any atom is 0.250 e. The summed E-state index contributed by atoms with van der Waals surface area (Å²) in [7, 11) is 0. The number of Topliss-reactive ketones (excluding diaryl/α,β-unsaturated/α-hetero) is 1. The molecule has 8 rings (SSSR count). The van der Waals surface area contributed by atoms with Crippen LogP contribution in [-0.4, -0.2) is 56.4 Å². The highest BCUT2D eigenvalue weighted by molar-refractivity contribution is 7.15. The number of amides is 3. The Kier molecular flexibility index (Phi) is 11.7. The summed E-state index contributed by atoms with van der Waals surface area (Å²) in [6.45, 7) is 4.27. The molecule has 3 amide bonds. The summed E-state index contributed by atoms with van der Waals surface area (Å²) in [6, 6.07) is 35.0. The maximum atomic E-state index is 13.9. The van der Waals surface area contributed by atoms with E-state index in [4.69, 9.17) is 9.97 Å². The van der Waals surface area contributed by atoms with Crippen molar-refractivity contribution >= 4 is 46.2 Å². The molecule has 6 aromatic rings. The molecule has 0 unspecified atom stereocenters. The first-order valence-corrected chi connectivity index (χ1v) is 21.5. The number of ketones is 1. The Morgan fingerprint density at radius 2 is 1.07 bits per heavy atom. The number of benzene rings is 4. The standard InChI is InChI=1S/C47H45N5O4S2/c1-30(53)27-38(34-11-5-3-6-12-34)46(55)51-25-9-15-39(51)44-48-28-41(57-44)35-21-17-32(18-22-35)33-19-23-36(24-20-33)42-29-49-45(58-42)40-16-10-26-52(40)47(56)43(50-31(2)54)37-13-7-4-8-14-37/h3-8,11-14,17-24,28-29,38-40,43H,9-10,15-16,25-27H2,1-2H3,(H,50,54)/t38-,39-,40-,43+/m0/s1. The third-order valence-electron chi connectivity index (χ3n) is 11.1. The molecule has 11 heteroatoms. The summed E-state index contributed by atoms with van der Waals surface area (Å²) in [4.78, 5) is 67.5. The van der Waals surface area contributed by atoms with Gasteiger partial charge in [-0.3, -0.25) is 19.2 Å². The van der Waals surface area contributed by atoms with E-state index in [0.717, 1.165) is 78.8 Å². The van der Waals surface area contributed by atoms with Gasteiger partial charge in [0, 0.05) is 38.8 Å². The van der Waals surface area contributed by atoms with Gasteiger partial charge >= 0.3 is 0 Å². The quantitative estimate of drug-likeness (QED) is 0.132. The molecule has 4 aromatic carbocycles. The Labute approximate surface area is 346 Å². The summed E-state index contributed by atoms with van der Waals surface area (Å²) in [5, 5.41) is 4.69. The molecule has 0 spiro atoms. The molecule has 4 atom stereocenters. The third kappa shape index (κ3) is 8.42. The van der Waals surface area contributed by atoms with E-state index in [1.165, 1.54) is 6.92 Å². The SMILES string of the molecule is CC(=O)C[C@H](C(=O)N1CCC[C@H]1c1ncc(-c2ccc(-c3ccc(-c4cnc([C@@H]5CCCN5C(=O)[C@H](NC(C)=O)c5ccccc5)s4)cc3)cc2)s1)c1ccccc1. The van der Waals surface area contributed by atoms with E-state index in [9.17, 15) is 19.2 Å². The van der Waals surface area contributed by atoms with Crippen LogP contribution in [0.2, 0.25) is 0 Å². The van der Waals surface area contributed by atoms with E-state index in [-0.39, 0.29) is 42.0 Å². The van der Waals surface area contributed by atoms with Crippen LogP contribution in [0.25, 0.3) is 32.0 Å². The van der Waals surface area contributed by atoms with Gasteiger partial charge in [-0.25, -0.2) is 9.97 Å². The van der Waals surface area contributed by atoms with Crippen LogP contribution in [0.4, 0.5) is 0 Å². The molecule has 0 saturated carbocycles. The fraction of sp³-hybridized carbons (Fsp3) is 0.277. The molecule has 2 aromatic heterocycles. The van der Waals surface area contributed by atoms with Crippen molar-refractivity contribution in [1.29, 1.82) is 0 Å². The van der Waals surface area contributed by atoms with Crippen molar-refractivity contribution in [1.82, 2.24) is 25.1 Å². The molecule has 4 heterocycles. The molecule has 294 valence electrons. The fourth-order valence-corrected chi connectivity index (χ4v) is 10.3. The van der Waals surface area contributed by atoms with Crippen LogP contribution in [0, 0.1) is 0 Å². The van der Waals surface area contributed by atoms with Crippen molar-refractivity contribution in [3.63, 3.8) is 0 Å². The highest BCUT2D eigenvalue weighted by atomic mass is 32.1. The average Bonchev–Trinajstić information content (AvgIpc) is 4.09. The van der Waals surface area contributed by atoms with E-state index in [0.29, 0.717) is 13.1 Å². The van der Waals surface area contributed by atoms with Gasteiger partial charge in [0.2, 0.25) is 17.7 Å². The summed E-state index contributed by atoms with van der Waals surface area (Å²) in [5.41, 5.74) is 5.97. The highest BCUT2D eigenvalue weighted by Gasteiger charge is 2.38. The number of carbonyl (C=O) groups is 4. The first-order chi connectivity index (χ1) is 28.2. The molecule has 58 heavy (non-hydrogen) atoms. The Balaban J connectivity index is 0.929. The topological polar surface area (TPSA) is 113 Å². The van der Waals surface area contributed by atoms with Gasteiger partial charge in [0.05, 0.1) is 27.8 Å². The molecule has 0 radical (unpaired) electrons. The van der Waals surface area contributed by atoms with Crippen molar-refractivity contribution in [2.75, 3.05) is 13.1 Å². The van der Waals surface area contributed by atoms with E-state index >= 15 is 0 Å². The molecule has 9 nitrogen and oxygen atoms in total. The predicted octanol–water partition coefficient (Wildman–Crippen LogP) is 9.57. The smallest absolute Gasteiger partial charge is 0.250 e. The normalized spacial score (nSPS) is 17.6. The fourth-order valence-electron chi connectivity index (χ4n) is 8.20. The molecular formula is C47H45N5O4S2. The molecule has 2 saturated heterocycles. The Bertz CT molecular complexity index is 2230. The van der Waals surface area contributed by atoms with Crippen molar-refractivity contribution < 1.29 is 19.2 Å². The number of aromatic nitrogens is 2. The largest absolute Gasteiger partial charge is 0.341 e. The van der Waals surface area contributed by atoms with Crippen LogP contribution >= 0.6 is 22.7 Å². The lowest BCUT2D eigenvalue weighted by atomic mass is 9.92. The second kappa shape index (κ2) is 17.4. The van der Waals surface area contributed by atoms with Crippen LogP contribution in [-0.2, 0) is 19.2 Å². The average molecular weight is 808 g/mol. The molecule has 0 aliphatic carbocycles. The van der Waals surface area contributed by atoms with E-state index in [2.05, 4.69) is 53.8 Å². The Hall–Kier alpha value is -5.78. The van der Waals surface area contributed by atoms with E-state index in [1.807, 2.05) is 82.9 Å². The van der Waals surface area contributed by atoms with Gasteiger partial charge in [-0.15, -0.1) is 22.7 Å². The lowest BCUT2D eigenvalue weighted by Gasteiger charge is -2.28. The Morgan fingerprint density at radius 1 is 0.621 bits per heavy atom. The number of nitrogens with zero attached hydrogens (tertiary/aromatic N) is 4. The zero-order chi connectivity index (χ0) is 40.2. The molecule has 0 bridgehead atoms. The summed E-state index contributed by atoms with van der Waals surface area (Å²) >= 11 is 3.24. The van der Waals surface area contributed by atoms with Gasteiger partial charge in [-0.05, 0) is 66.0 Å². The van der Waals surface area contributed by atoms with Crippen molar-refractivity contribution in [2.45, 2.75) is 70.0 Å². The maximum absolute atomic E-state index is 13.9. The van der Waals surface area contributed by atoms with Gasteiger partial charge in [-0.2, -0.15) is 0 Å². The first kappa shape index (κ1) is 39.1. The second-order valence-electron chi connectivity index (χ2n) is 15.1. The minimum Gasteiger partial charge on any atom is -0.341 e. The first-order valence-electron chi connectivity index (χ1n) is 19.8. The lowest BCUT2D eigenvalue weighted by Crippen LogP contribution is -2.42. The van der Waals surface area contributed by atoms with Gasteiger partial charge in [0.25, 0.3) is 0 Å². The minimum absolute atomic E-state index is 0.00351. The third-order valence-corrected chi connectivity index (χ3v) is 13.4. The van der Waals surface area contributed by atoms with E-state index in [1.54, 1.807) is 29.6 Å². The van der Waals surface area contributed by atoms with Crippen LogP contribution in [0.15, 0.2) is 122 Å². The van der Waals surface area contributed by atoms with Gasteiger partial charge in [-0.1, -0.05) is 109 Å². The number of thiazole rings is 2. The van der Waals surface area contributed by atoms with Crippen LogP contribution in [0.1, 0.15) is 91.1 Å². The van der Waals surface area contributed by atoms with Crippen LogP contribution in [0.5, 0.6) is 0 Å². The van der Waals surface area contributed by atoms with Crippen molar-refractivity contribution in [3.8, 4) is 32.0 Å². The van der Waals surface area contributed by atoms with E-state index < -0.39 is 12.0 Å². The zero-order valence-electron chi connectivity index (χ0n) is 32.5. The number of carbonyl (C=O) groups excluding carboxylic acids is 4. The summed E-state index contributed by atoms with van der Waals surface area (Å²) in [5.74, 6) is -0.847. The molecule has 2 aliphatic heterocycles. The van der Waals surface area contributed by atoms with Crippen molar-refractivity contribution in [3.05, 3.63) is 143 Å². The number of hydrogen-bond acceptors (Lipinski definition) is 8. The minimum atomic E-state index is -0.738. The number of nitrogens with one attached hydrogen (secondary N) is 1. The Morgan fingerprint density at radius 3 is 1.53 bits per heavy atom. The monoisotopic (exact) mass is 807 g/mol. The summed E-state index contributed by atoms with van der Waals surface area (Å²) < 4.78 is 0. The molecule has 2 aliphatic rings. The van der Waals surface area contributed by atoms with Crippen LogP contribution < -0.4 is 5.32 Å². The highest BCUT2D eigenvalue weighted by Crippen LogP contribution is 2.41. The summed E-state index contributed by atoms with van der Waals surface area (Å²) in [6.07, 6.45) is 7.46. The predicted molar refractivity (Wildman–Crippen MR) is 229 cm³/mol. The zero-order valence-corrected chi connectivity index (χ0v) is 34.2. The van der Waals surface area contributed by atoms with Gasteiger partial charge in [0.1, 0.15) is 21.8 Å². The van der Waals surface area contributed by atoms with Crippen LogP contribution in [0.3, 0.4) is 0 Å². The molecule has 2 fully saturated rings. The number of likely N-dealkylation sites (tertiary alicyclic amines) is 2. The molecule has 1 N–H and O–H groups in total. The van der Waals surface area contributed by atoms with Gasteiger partial charge < -0.3 is 15.1 Å².